The Morgan fingerprint density at radius 3 is 1.75 bits per heavy atom. The molecule has 0 atom stereocenters. The number of halogens is 2. The normalized spacial score (nSPS) is 10.1. The van der Waals surface area contributed by atoms with Crippen molar-refractivity contribution in [3.8, 4) is 11.5 Å². The molecular weight excluding hydrogens is 451 g/mol. The lowest BCUT2D eigenvalue weighted by molar-refractivity contribution is -0.118. The summed E-state index contributed by atoms with van der Waals surface area (Å²) >= 11 is 12.3. The van der Waals surface area contributed by atoms with Crippen LogP contribution in [0.2, 0.25) is 10.0 Å². The zero-order valence-corrected chi connectivity index (χ0v) is 18.8. The number of carbonyl (C=O) groups is 2. The molecule has 0 unspecified atom stereocenters. The lowest BCUT2D eigenvalue weighted by Gasteiger charge is -2.14. The molecule has 2 amide bonds. The molecule has 0 saturated carbocycles. The number of benzene rings is 3. The number of nitrogens with one attached hydrogen (secondary N) is 2. The van der Waals surface area contributed by atoms with E-state index in [1.54, 1.807) is 66.7 Å². The van der Waals surface area contributed by atoms with Crippen LogP contribution in [-0.4, -0.2) is 26.0 Å². The van der Waals surface area contributed by atoms with E-state index in [1.165, 1.54) is 20.3 Å². The Kier molecular flexibility index (Phi) is 7.76. The third kappa shape index (κ3) is 5.41. The quantitative estimate of drug-likeness (QED) is 0.265. The Morgan fingerprint density at radius 1 is 0.750 bits per heavy atom. The van der Waals surface area contributed by atoms with Crippen LogP contribution in [0.1, 0.15) is 5.56 Å². The lowest BCUT2D eigenvalue weighted by atomic mass is 10.1. The molecule has 0 radical (unpaired) electrons. The van der Waals surface area contributed by atoms with Gasteiger partial charge in [0.2, 0.25) is 0 Å². The molecular formula is C24H20Cl2N2O4. The Labute approximate surface area is 195 Å². The second kappa shape index (κ2) is 10.7. The van der Waals surface area contributed by atoms with Crippen LogP contribution in [0, 0.1) is 0 Å². The second-order valence-corrected chi connectivity index (χ2v) is 7.32. The molecule has 3 rings (SSSR count). The lowest BCUT2D eigenvalue weighted by Crippen LogP contribution is -2.25. The van der Waals surface area contributed by atoms with Crippen LogP contribution in [-0.2, 0) is 9.59 Å². The standard InChI is InChI=1S/C24H20Cl2N2O4/c1-31-21-13-7-8-15(22(21)32-2)14-16(23(29)27-19-11-5-3-9-17(19)25)24(30)28-20-12-6-4-10-18(20)26/h3-14H,1-2H3,(H,27,29)(H,28,30). The van der Waals surface area contributed by atoms with E-state index < -0.39 is 11.8 Å². The molecule has 0 saturated heterocycles. The average Bonchev–Trinajstić information content (AvgIpc) is 2.79. The smallest absolute Gasteiger partial charge is 0.261 e. The summed E-state index contributed by atoms with van der Waals surface area (Å²) in [6.07, 6.45) is 1.42. The van der Waals surface area contributed by atoms with Gasteiger partial charge in [-0.25, -0.2) is 0 Å². The zero-order valence-electron chi connectivity index (χ0n) is 17.3. The number of amides is 2. The maximum atomic E-state index is 13.1. The third-order valence-electron chi connectivity index (χ3n) is 4.47. The van der Waals surface area contributed by atoms with Crippen molar-refractivity contribution in [3.63, 3.8) is 0 Å². The predicted molar refractivity (Wildman–Crippen MR) is 128 cm³/mol. The van der Waals surface area contributed by atoms with Gasteiger partial charge >= 0.3 is 0 Å². The van der Waals surface area contributed by atoms with Crippen LogP contribution in [0.5, 0.6) is 11.5 Å². The van der Waals surface area contributed by atoms with Crippen molar-refractivity contribution in [2.24, 2.45) is 0 Å². The Morgan fingerprint density at radius 2 is 1.28 bits per heavy atom. The fourth-order valence-electron chi connectivity index (χ4n) is 2.92. The second-order valence-electron chi connectivity index (χ2n) is 6.51. The van der Waals surface area contributed by atoms with Crippen molar-refractivity contribution in [1.29, 1.82) is 0 Å². The summed E-state index contributed by atoms with van der Waals surface area (Å²) in [6, 6.07) is 18.6. The first-order valence-electron chi connectivity index (χ1n) is 9.49. The Balaban J connectivity index is 2.04. The summed E-state index contributed by atoms with van der Waals surface area (Å²) in [4.78, 5) is 26.3. The average molecular weight is 471 g/mol. The summed E-state index contributed by atoms with van der Waals surface area (Å²) in [5.74, 6) is -0.484. The molecule has 0 aliphatic carbocycles. The van der Waals surface area contributed by atoms with E-state index in [4.69, 9.17) is 32.7 Å². The van der Waals surface area contributed by atoms with Crippen LogP contribution >= 0.6 is 23.2 Å². The Bertz CT molecular complexity index is 1120. The molecule has 3 aromatic rings. The van der Waals surface area contributed by atoms with Gasteiger partial charge < -0.3 is 20.1 Å². The summed E-state index contributed by atoms with van der Waals surface area (Å²) < 4.78 is 10.7. The monoisotopic (exact) mass is 470 g/mol. The number of methoxy groups -OCH3 is 2. The number of rotatable bonds is 7. The van der Waals surface area contributed by atoms with Gasteiger partial charge in [0.1, 0.15) is 5.57 Å². The van der Waals surface area contributed by atoms with Crippen molar-refractivity contribution < 1.29 is 19.1 Å². The minimum atomic E-state index is -0.660. The molecule has 8 heteroatoms. The van der Waals surface area contributed by atoms with Crippen LogP contribution in [0.15, 0.2) is 72.3 Å². The van der Waals surface area contributed by atoms with Gasteiger partial charge in [-0.2, -0.15) is 0 Å². The molecule has 0 aliphatic rings. The molecule has 2 N–H and O–H groups in total. The van der Waals surface area contributed by atoms with Crippen LogP contribution in [0.25, 0.3) is 6.08 Å². The van der Waals surface area contributed by atoms with E-state index in [-0.39, 0.29) is 5.57 Å². The molecule has 0 spiro atoms. The third-order valence-corrected chi connectivity index (χ3v) is 5.13. The molecule has 0 aromatic heterocycles. The number of hydrogen-bond acceptors (Lipinski definition) is 4. The summed E-state index contributed by atoms with van der Waals surface area (Å²) in [7, 11) is 2.98. The van der Waals surface area contributed by atoms with Crippen molar-refractivity contribution in [3.05, 3.63) is 87.9 Å². The fraction of sp³-hybridized carbons (Fsp3) is 0.0833. The highest BCUT2D eigenvalue weighted by molar-refractivity contribution is 6.36. The van der Waals surface area contributed by atoms with Crippen LogP contribution in [0.3, 0.4) is 0 Å². The molecule has 32 heavy (non-hydrogen) atoms. The van der Waals surface area contributed by atoms with Gasteiger partial charge in [-0.05, 0) is 36.4 Å². The first-order chi connectivity index (χ1) is 15.4. The topological polar surface area (TPSA) is 76.7 Å². The first-order valence-corrected chi connectivity index (χ1v) is 10.2. The van der Waals surface area contributed by atoms with Crippen molar-refractivity contribution in [2.75, 3.05) is 24.9 Å². The summed E-state index contributed by atoms with van der Waals surface area (Å²) in [5, 5.41) is 6.02. The van der Waals surface area contributed by atoms with E-state index >= 15 is 0 Å². The first kappa shape index (κ1) is 23.2. The molecule has 164 valence electrons. The van der Waals surface area contributed by atoms with Gasteiger partial charge in [0.15, 0.2) is 11.5 Å². The largest absolute Gasteiger partial charge is 0.493 e. The minimum Gasteiger partial charge on any atom is -0.493 e. The minimum absolute atomic E-state index is 0.184. The molecule has 0 fully saturated rings. The highest BCUT2D eigenvalue weighted by Crippen LogP contribution is 2.33. The van der Waals surface area contributed by atoms with Crippen molar-refractivity contribution in [2.45, 2.75) is 0 Å². The number of ether oxygens (including phenoxy) is 2. The zero-order chi connectivity index (χ0) is 23.1. The van der Waals surface area contributed by atoms with Gasteiger partial charge in [-0.1, -0.05) is 59.6 Å². The van der Waals surface area contributed by atoms with Gasteiger partial charge in [0.25, 0.3) is 11.8 Å². The maximum absolute atomic E-state index is 13.1. The van der Waals surface area contributed by atoms with Gasteiger partial charge in [0.05, 0.1) is 35.6 Å². The molecule has 0 bridgehead atoms. The summed E-state index contributed by atoms with van der Waals surface area (Å²) in [5.41, 5.74) is 1.03. The SMILES string of the molecule is COc1cccc(C=C(C(=O)Nc2ccccc2Cl)C(=O)Nc2ccccc2Cl)c1OC. The van der Waals surface area contributed by atoms with E-state index in [2.05, 4.69) is 10.6 Å². The van der Waals surface area contributed by atoms with E-state index in [9.17, 15) is 9.59 Å². The highest BCUT2D eigenvalue weighted by atomic mass is 35.5. The maximum Gasteiger partial charge on any atom is 0.261 e. The number of carbonyl (C=O) groups excluding carboxylic acids is 2. The summed E-state index contributed by atoms with van der Waals surface area (Å²) in [6.45, 7) is 0. The van der Waals surface area contributed by atoms with Crippen LogP contribution in [0.4, 0.5) is 11.4 Å². The molecule has 0 aliphatic heterocycles. The number of para-hydroxylation sites is 3. The van der Waals surface area contributed by atoms with E-state index in [0.29, 0.717) is 38.5 Å². The van der Waals surface area contributed by atoms with E-state index in [0.717, 1.165) is 0 Å². The fourth-order valence-corrected chi connectivity index (χ4v) is 3.29. The van der Waals surface area contributed by atoms with Gasteiger partial charge in [-0.3, -0.25) is 9.59 Å². The Hall–Kier alpha value is -3.48. The predicted octanol–water partition coefficient (Wildman–Crippen LogP) is 5.67. The van der Waals surface area contributed by atoms with Gasteiger partial charge in [-0.15, -0.1) is 0 Å². The van der Waals surface area contributed by atoms with Gasteiger partial charge in [0, 0.05) is 5.56 Å². The molecule has 6 nitrogen and oxygen atoms in total. The molecule has 0 heterocycles. The number of anilines is 2. The highest BCUT2D eigenvalue weighted by Gasteiger charge is 2.22. The number of hydrogen-bond donors (Lipinski definition) is 2. The van der Waals surface area contributed by atoms with E-state index in [1.807, 2.05) is 0 Å². The van der Waals surface area contributed by atoms with Crippen molar-refractivity contribution >= 4 is 52.5 Å². The van der Waals surface area contributed by atoms with Crippen LogP contribution < -0.4 is 20.1 Å². The molecule has 3 aromatic carbocycles. The van der Waals surface area contributed by atoms with Crippen molar-refractivity contribution in [1.82, 2.24) is 0 Å².